The minimum Gasteiger partial charge on any atom is -0.494 e. The molecule has 0 aliphatic heterocycles. The number of carbonyl (C=O) groups excluding carboxylic acids is 1. The summed E-state index contributed by atoms with van der Waals surface area (Å²) in [7, 11) is 0. The summed E-state index contributed by atoms with van der Waals surface area (Å²) in [5.41, 5.74) is 2.40. The number of aliphatic carboxylic acids is 1. The van der Waals surface area contributed by atoms with E-state index in [0.29, 0.717) is 37.6 Å². The molecule has 2 amide bonds. The third-order valence-electron chi connectivity index (χ3n) is 6.87. The second kappa shape index (κ2) is 14.7. The van der Waals surface area contributed by atoms with Gasteiger partial charge < -0.3 is 24.8 Å². The van der Waals surface area contributed by atoms with E-state index < -0.39 is 11.6 Å². The standard InChI is InChI=1S/C35H38N2O5/c1-3-23-37(34(40)36-30-19-17-29(18-20-30)28-11-6-4-7-12-28)24-10-25-41-31-21-15-27(16-22-31)26-35(2,33(38)39)42-32-13-8-5-9-14-32/h4-9,11-22H,3,10,23-26H2,1-2H3,(H,36,40)(H,38,39)/t35-/m0/s1. The molecule has 0 unspecified atom stereocenters. The minimum atomic E-state index is -1.41. The van der Waals surface area contributed by atoms with E-state index >= 15 is 0 Å². The van der Waals surface area contributed by atoms with Gasteiger partial charge in [-0.05, 0) is 72.9 Å². The summed E-state index contributed by atoms with van der Waals surface area (Å²) in [6.45, 7) is 5.28. The monoisotopic (exact) mass is 566 g/mol. The number of carboxylic acid groups (broad SMARTS) is 1. The van der Waals surface area contributed by atoms with E-state index in [1.165, 1.54) is 0 Å². The van der Waals surface area contributed by atoms with E-state index in [0.717, 1.165) is 28.8 Å². The van der Waals surface area contributed by atoms with Gasteiger partial charge in [-0.25, -0.2) is 9.59 Å². The quantitative estimate of drug-likeness (QED) is 0.154. The fourth-order valence-electron chi connectivity index (χ4n) is 4.61. The zero-order valence-electron chi connectivity index (χ0n) is 24.2. The lowest BCUT2D eigenvalue weighted by Gasteiger charge is -2.26. The van der Waals surface area contributed by atoms with Crippen LogP contribution in [0.15, 0.2) is 109 Å². The Morgan fingerprint density at radius 1 is 0.786 bits per heavy atom. The molecule has 0 aliphatic carbocycles. The third-order valence-corrected chi connectivity index (χ3v) is 6.87. The van der Waals surface area contributed by atoms with Crippen molar-refractivity contribution in [1.29, 1.82) is 0 Å². The first-order valence-corrected chi connectivity index (χ1v) is 14.3. The number of benzene rings is 4. The molecule has 0 spiro atoms. The second-order valence-corrected chi connectivity index (χ2v) is 10.3. The molecule has 0 saturated carbocycles. The fourth-order valence-corrected chi connectivity index (χ4v) is 4.61. The van der Waals surface area contributed by atoms with E-state index in [2.05, 4.69) is 17.4 Å². The summed E-state index contributed by atoms with van der Waals surface area (Å²) in [6.07, 6.45) is 1.73. The van der Waals surface area contributed by atoms with Gasteiger partial charge in [0.2, 0.25) is 5.60 Å². The van der Waals surface area contributed by atoms with Crippen LogP contribution in [-0.4, -0.2) is 47.3 Å². The van der Waals surface area contributed by atoms with Gasteiger partial charge >= 0.3 is 12.0 Å². The average molecular weight is 567 g/mol. The van der Waals surface area contributed by atoms with Crippen molar-refractivity contribution in [2.24, 2.45) is 0 Å². The molecule has 0 saturated heterocycles. The Bertz CT molecular complexity index is 1410. The highest BCUT2D eigenvalue weighted by Crippen LogP contribution is 2.24. The van der Waals surface area contributed by atoms with Crippen LogP contribution in [-0.2, 0) is 11.2 Å². The highest BCUT2D eigenvalue weighted by molar-refractivity contribution is 5.89. The summed E-state index contributed by atoms with van der Waals surface area (Å²) in [5, 5.41) is 12.8. The van der Waals surface area contributed by atoms with Crippen molar-refractivity contribution in [1.82, 2.24) is 4.90 Å². The third kappa shape index (κ3) is 8.61. The van der Waals surface area contributed by atoms with Gasteiger partial charge in [-0.3, -0.25) is 0 Å². The van der Waals surface area contributed by atoms with E-state index in [9.17, 15) is 14.7 Å². The molecular formula is C35H38N2O5. The van der Waals surface area contributed by atoms with Gasteiger partial charge in [-0.2, -0.15) is 0 Å². The number of rotatable bonds is 14. The summed E-state index contributed by atoms with van der Waals surface area (Å²) >= 11 is 0. The Balaban J connectivity index is 1.25. The Morgan fingerprint density at radius 2 is 1.40 bits per heavy atom. The SMILES string of the molecule is CCCN(CCCOc1ccc(C[C@](C)(Oc2ccccc2)C(=O)O)cc1)C(=O)Nc1ccc(-c2ccccc2)cc1. The van der Waals surface area contributed by atoms with Crippen molar-refractivity contribution in [2.45, 2.75) is 38.7 Å². The second-order valence-electron chi connectivity index (χ2n) is 10.3. The summed E-state index contributed by atoms with van der Waals surface area (Å²) in [5.74, 6) is 0.162. The molecule has 0 heterocycles. The molecule has 4 rings (SSSR count). The van der Waals surface area contributed by atoms with Crippen LogP contribution >= 0.6 is 0 Å². The first kappa shape index (κ1) is 30.2. The van der Waals surface area contributed by atoms with Crippen LogP contribution < -0.4 is 14.8 Å². The number of urea groups is 1. The fraction of sp³-hybridized carbons (Fsp3) is 0.257. The molecule has 1 atom stereocenters. The molecule has 0 bridgehead atoms. The van der Waals surface area contributed by atoms with Gasteiger partial charge in [0, 0.05) is 25.2 Å². The predicted octanol–water partition coefficient (Wildman–Crippen LogP) is 7.53. The van der Waals surface area contributed by atoms with Gasteiger partial charge in [0.1, 0.15) is 11.5 Å². The van der Waals surface area contributed by atoms with Crippen LogP contribution in [0.1, 0.15) is 32.3 Å². The maximum atomic E-state index is 13.0. The molecule has 0 aromatic heterocycles. The number of hydrogen-bond acceptors (Lipinski definition) is 4. The summed E-state index contributed by atoms with van der Waals surface area (Å²) in [6, 6.07) is 34.2. The van der Waals surface area contributed by atoms with Crippen molar-refractivity contribution in [3.8, 4) is 22.6 Å². The highest BCUT2D eigenvalue weighted by Gasteiger charge is 2.36. The normalized spacial score (nSPS) is 12.1. The van der Waals surface area contributed by atoms with Crippen LogP contribution in [0.2, 0.25) is 0 Å². The van der Waals surface area contributed by atoms with Gasteiger partial charge in [-0.1, -0.05) is 79.7 Å². The zero-order valence-corrected chi connectivity index (χ0v) is 24.2. The molecule has 42 heavy (non-hydrogen) atoms. The van der Waals surface area contributed by atoms with Gasteiger partial charge in [0.15, 0.2) is 0 Å². The van der Waals surface area contributed by atoms with Gasteiger partial charge in [-0.15, -0.1) is 0 Å². The molecular weight excluding hydrogens is 528 g/mol. The maximum Gasteiger partial charge on any atom is 0.348 e. The molecule has 2 N–H and O–H groups in total. The minimum absolute atomic E-state index is 0.132. The first-order chi connectivity index (χ1) is 20.4. The van der Waals surface area contributed by atoms with Crippen molar-refractivity contribution in [3.63, 3.8) is 0 Å². The average Bonchev–Trinajstić information content (AvgIpc) is 3.00. The molecule has 4 aromatic carbocycles. The van der Waals surface area contributed by atoms with Gasteiger partial charge in [0.25, 0.3) is 0 Å². The predicted molar refractivity (Wildman–Crippen MR) is 166 cm³/mol. The molecule has 7 heteroatoms. The first-order valence-electron chi connectivity index (χ1n) is 14.3. The van der Waals surface area contributed by atoms with E-state index in [1.807, 2.05) is 91.9 Å². The Hall–Kier alpha value is -4.78. The molecule has 4 aromatic rings. The molecule has 218 valence electrons. The smallest absolute Gasteiger partial charge is 0.348 e. The van der Waals surface area contributed by atoms with Crippen molar-refractivity contribution < 1.29 is 24.2 Å². The number of anilines is 1. The number of carbonyl (C=O) groups is 2. The Morgan fingerprint density at radius 3 is 2.02 bits per heavy atom. The van der Waals surface area contributed by atoms with Crippen LogP contribution in [0.3, 0.4) is 0 Å². The number of ether oxygens (including phenoxy) is 2. The molecule has 0 aliphatic rings. The molecule has 0 radical (unpaired) electrons. The van der Waals surface area contributed by atoms with E-state index in [4.69, 9.17) is 9.47 Å². The van der Waals surface area contributed by atoms with E-state index in [1.54, 1.807) is 24.0 Å². The van der Waals surface area contributed by atoms with E-state index in [-0.39, 0.29) is 12.5 Å². The van der Waals surface area contributed by atoms with Crippen LogP contribution in [0.4, 0.5) is 10.5 Å². The maximum absolute atomic E-state index is 13.0. The zero-order chi connectivity index (χ0) is 29.8. The number of nitrogens with zero attached hydrogens (tertiary/aromatic N) is 1. The van der Waals surface area contributed by atoms with Gasteiger partial charge in [0.05, 0.1) is 6.61 Å². The summed E-state index contributed by atoms with van der Waals surface area (Å²) in [4.78, 5) is 26.8. The lowest BCUT2D eigenvalue weighted by molar-refractivity contribution is -0.153. The number of hydrogen-bond donors (Lipinski definition) is 2. The molecule has 0 fully saturated rings. The van der Waals surface area contributed by atoms with Crippen molar-refractivity contribution in [3.05, 3.63) is 115 Å². The summed E-state index contributed by atoms with van der Waals surface area (Å²) < 4.78 is 11.7. The number of amides is 2. The Labute approximate surface area is 247 Å². The highest BCUT2D eigenvalue weighted by atomic mass is 16.5. The number of para-hydroxylation sites is 1. The van der Waals surface area contributed by atoms with Crippen LogP contribution in [0, 0.1) is 0 Å². The Kier molecular flexibility index (Phi) is 10.6. The topological polar surface area (TPSA) is 88.1 Å². The van der Waals surface area contributed by atoms with Crippen molar-refractivity contribution in [2.75, 3.05) is 25.0 Å². The van der Waals surface area contributed by atoms with Crippen LogP contribution in [0.5, 0.6) is 11.5 Å². The van der Waals surface area contributed by atoms with Crippen molar-refractivity contribution >= 4 is 17.7 Å². The molecule has 7 nitrogen and oxygen atoms in total. The van der Waals surface area contributed by atoms with Crippen LogP contribution in [0.25, 0.3) is 11.1 Å². The largest absolute Gasteiger partial charge is 0.494 e. The lowest BCUT2D eigenvalue weighted by Crippen LogP contribution is -2.43. The number of carboxylic acids is 1. The number of nitrogens with one attached hydrogen (secondary N) is 1. The lowest BCUT2D eigenvalue weighted by atomic mass is 9.96.